The largest absolute Gasteiger partial charge is 0.493 e. The summed E-state index contributed by atoms with van der Waals surface area (Å²) < 4.78 is 10.8. The zero-order valence-corrected chi connectivity index (χ0v) is 17.3. The van der Waals surface area contributed by atoms with Crippen molar-refractivity contribution in [2.45, 2.75) is 20.4 Å². The second-order valence-corrected chi connectivity index (χ2v) is 6.92. The van der Waals surface area contributed by atoms with Crippen LogP contribution < -0.4 is 14.8 Å². The molecule has 0 bridgehead atoms. The second kappa shape index (κ2) is 11.1. The van der Waals surface area contributed by atoms with E-state index in [1.54, 1.807) is 30.6 Å². The number of amides is 2. The highest BCUT2D eigenvalue weighted by Gasteiger charge is 2.13. The molecule has 0 unspecified atom stereocenters. The van der Waals surface area contributed by atoms with E-state index in [1.807, 2.05) is 43.5 Å². The summed E-state index contributed by atoms with van der Waals surface area (Å²) in [7, 11) is 1.57. The average Bonchev–Trinajstić information content (AvgIpc) is 3.23. The topological polar surface area (TPSA) is 67.9 Å². The molecule has 0 aliphatic heterocycles. The quantitative estimate of drug-likeness (QED) is 0.619. The molecule has 2 aromatic rings. The molecule has 7 heteroatoms. The van der Waals surface area contributed by atoms with Gasteiger partial charge >= 0.3 is 0 Å². The van der Waals surface area contributed by atoms with Gasteiger partial charge in [-0.3, -0.25) is 9.59 Å². The minimum absolute atomic E-state index is 0.0254. The van der Waals surface area contributed by atoms with Crippen molar-refractivity contribution in [3.63, 3.8) is 0 Å². The van der Waals surface area contributed by atoms with Crippen molar-refractivity contribution < 1.29 is 19.1 Å². The van der Waals surface area contributed by atoms with Gasteiger partial charge in [-0.2, -0.15) is 0 Å². The Hall–Kier alpha value is -2.80. The van der Waals surface area contributed by atoms with Gasteiger partial charge in [0.05, 0.1) is 26.8 Å². The molecule has 1 heterocycles. The van der Waals surface area contributed by atoms with E-state index in [-0.39, 0.29) is 18.4 Å². The number of likely N-dealkylation sites (N-methyl/N-ethyl adjacent to an activating group) is 1. The van der Waals surface area contributed by atoms with E-state index in [4.69, 9.17) is 9.47 Å². The summed E-state index contributed by atoms with van der Waals surface area (Å²) in [6, 6.07) is 9.36. The first-order valence-corrected chi connectivity index (χ1v) is 10.0. The van der Waals surface area contributed by atoms with Gasteiger partial charge in [0.2, 0.25) is 11.8 Å². The molecule has 0 fully saturated rings. The Balaban J connectivity index is 1.94. The van der Waals surface area contributed by atoms with Crippen molar-refractivity contribution in [1.29, 1.82) is 0 Å². The van der Waals surface area contributed by atoms with Crippen LogP contribution in [-0.4, -0.2) is 43.5 Å². The summed E-state index contributed by atoms with van der Waals surface area (Å²) in [5.74, 6) is 0.865. The fourth-order valence-corrected chi connectivity index (χ4v) is 3.15. The summed E-state index contributed by atoms with van der Waals surface area (Å²) in [5, 5.41) is 4.80. The Morgan fingerprint density at radius 3 is 2.68 bits per heavy atom. The molecule has 2 rings (SSSR count). The van der Waals surface area contributed by atoms with E-state index in [0.29, 0.717) is 31.2 Å². The number of hydrogen-bond donors (Lipinski definition) is 1. The lowest BCUT2D eigenvalue weighted by Gasteiger charge is -2.18. The maximum atomic E-state index is 12.4. The number of thiophene rings is 1. The molecule has 150 valence electrons. The lowest BCUT2D eigenvalue weighted by Crippen LogP contribution is -2.39. The number of carbonyl (C=O) groups is 2. The zero-order valence-electron chi connectivity index (χ0n) is 16.4. The van der Waals surface area contributed by atoms with Crippen LogP contribution in [0, 0.1) is 0 Å². The first-order valence-electron chi connectivity index (χ1n) is 9.14. The van der Waals surface area contributed by atoms with Gasteiger partial charge in [0, 0.05) is 17.5 Å². The van der Waals surface area contributed by atoms with Crippen molar-refractivity contribution in [3.05, 3.63) is 52.2 Å². The summed E-state index contributed by atoms with van der Waals surface area (Å²) in [5.41, 5.74) is 0.812. The molecule has 0 atom stereocenters. The van der Waals surface area contributed by atoms with Gasteiger partial charge in [0.15, 0.2) is 11.5 Å². The van der Waals surface area contributed by atoms with E-state index in [1.165, 1.54) is 11.0 Å². The van der Waals surface area contributed by atoms with Gasteiger partial charge in [-0.25, -0.2) is 0 Å². The molecular weight excluding hydrogens is 376 g/mol. The van der Waals surface area contributed by atoms with Crippen LogP contribution in [0.4, 0.5) is 0 Å². The van der Waals surface area contributed by atoms with Crippen LogP contribution in [0.5, 0.6) is 11.5 Å². The van der Waals surface area contributed by atoms with Crippen LogP contribution in [-0.2, 0) is 16.1 Å². The summed E-state index contributed by atoms with van der Waals surface area (Å²) in [4.78, 5) is 27.1. The maximum absolute atomic E-state index is 12.4. The Kier molecular flexibility index (Phi) is 8.55. The third kappa shape index (κ3) is 6.42. The van der Waals surface area contributed by atoms with Crippen molar-refractivity contribution in [2.75, 3.05) is 26.8 Å². The summed E-state index contributed by atoms with van der Waals surface area (Å²) in [6.07, 6.45) is 3.16. The molecule has 0 saturated carbocycles. The second-order valence-electron chi connectivity index (χ2n) is 5.89. The number of nitrogens with one attached hydrogen (secondary N) is 1. The zero-order chi connectivity index (χ0) is 20.4. The smallest absolute Gasteiger partial charge is 0.247 e. The number of rotatable bonds is 10. The van der Waals surface area contributed by atoms with Crippen LogP contribution in [0.3, 0.4) is 0 Å². The highest BCUT2D eigenvalue weighted by molar-refractivity contribution is 7.09. The predicted octanol–water partition coefficient (Wildman–Crippen LogP) is 3.33. The molecule has 1 N–H and O–H groups in total. The lowest BCUT2D eigenvalue weighted by atomic mass is 10.2. The van der Waals surface area contributed by atoms with Crippen molar-refractivity contribution in [2.24, 2.45) is 0 Å². The number of methoxy groups -OCH3 is 1. The average molecular weight is 403 g/mol. The molecule has 6 nitrogen and oxygen atoms in total. The van der Waals surface area contributed by atoms with E-state index in [0.717, 1.165) is 10.4 Å². The highest BCUT2D eigenvalue weighted by Crippen LogP contribution is 2.28. The minimum Gasteiger partial charge on any atom is -0.493 e. The van der Waals surface area contributed by atoms with Crippen molar-refractivity contribution >= 4 is 29.2 Å². The molecule has 0 aliphatic carbocycles. The van der Waals surface area contributed by atoms with Crippen molar-refractivity contribution in [1.82, 2.24) is 10.2 Å². The number of carbonyl (C=O) groups excluding carboxylic acids is 2. The van der Waals surface area contributed by atoms with Gasteiger partial charge in [0.25, 0.3) is 0 Å². The molecule has 0 spiro atoms. The molecule has 0 saturated heterocycles. The monoisotopic (exact) mass is 402 g/mol. The first kappa shape index (κ1) is 21.5. The molecule has 0 radical (unpaired) electrons. The fourth-order valence-electron chi connectivity index (χ4n) is 2.51. The molecule has 0 aliphatic rings. The van der Waals surface area contributed by atoms with Crippen LogP contribution in [0.2, 0.25) is 0 Å². The molecule has 1 aromatic carbocycles. The van der Waals surface area contributed by atoms with Crippen molar-refractivity contribution in [3.8, 4) is 11.5 Å². The summed E-state index contributed by atoms with van der Waals surface area (Å²) in [6.45, 7) is 5.24. The van der Waals surface area contributed by atoms with E-state index in [9.17, 15) is 9.59 Å². The van der Waals surface area contributed by atoms with Gasteiger partial charge in [-0.1, -0.05) is 12.1 Å². The molecule has 1 aromatic heterocycles. The SMILES string of the molecule is CCOc1ccc(C=CC(=O)N(CC)CC(=O)NCc2cccs2)cc1OC. The number of benzene rings is 1. The van der Waals surface area contributed by atoms with Crippen LogP contribution in [0.15, 0.2) is 41.8 Å². The normalized spacial score (nSPS) is 10.7. The maximum Gasteiger partial charge on any atom is 0.247 e. The van der Waals surface area contributed by atoms with Crippen LogP contribution in [0.1, 0.15) is 24.3 Å². The van der Waals surface area contributed by atoms with Gasteiger partial charge in [-0.15, -0.1) is 11.3 Å². The third-order valence-corrected chi connectivity index (χ3v) is 4.85. The van der Waals surface area contributed by atoms with Crippen LogP contribution in [0.25, 0.3) is 6.08 Å². The Morgan fingerprint density at radius 2 is 2.04 bits per heavy atom. The van der Waals surface area contributed by atoms with E-state index in [2.05, 4.69) is 5.32 Å². The third-order valence-electron chi connectivity index (χ3n) is 3.97. The van der Waals surface area contributed by atoms with Crippen LogP contribution >= 0.6 is 11.3 Å². The molecular formula is C21H26N2O4S. The number of nitrogens with zero attached hydrogens (tertiary/aromatic N) is 1. The molecule has 2 amide bonds. The predicted molar refractivity (Wildman–Crippen MR) is 112 cm³/mol. The fraction of sp³-hybridized carbons (Fsp3) is 0.333. The number of hydrogen-bond acceptors (Lipinski definition) is 5. The van der Waals surface area contributed by atoms with Gasteiger partial charge in [0.1, 0.15) is 0 Å². The minimum atomic E-state index is -0.221. The Labute approximate surface area is 169 Å². The summed E-state index contributed by atoms with van der Waals surface area (Å²) >= 11 is 1.58. The van der Waals surface area contributed by atoms with E-state index < -0.39 is 0 Å². The van der Waals surface area contributed by atoms with Gasteiger partial charge in [-0.05, 0) is 49.1 Å². The Morgan fingerprint density at radius 1 is 1.21 bits per heavy atom. The van der Waals surface area contributed by atoms with Gasteiger partial charge < -0.3 is 19.7 Å². The highest BCUT2D eigenvalue weighted by atomic mass is 32.1. The molecule has 28 heavy (non-hydrogen) atoms. The standard InChI is InChI=1S/C21H26N2O4S/c1-4-23(15-20(24)22-14-17-7-6-12-28-17)21(25)11-9-16-8-10-18(27-5-2)19(13-16)26-3/h6-13H,4-5,14-15H2,1-3H3,(H,22,24). The van der Waals surface area contributed by atoms with E-state index >= 15 is 0 Å². The first-order chi connectivity index (χ1) is 13.6. The number of ether oxygens (including phenoxy) is 2. The Bertz CT molecular complexity index is 803. The lowest BCUT2D eigenvalue weighted by molar-refractivity contribution is -0.132.